The summed E-state index contributed by atoms with van der Waals surface area (Å²) < 4.78 is 18.3. The molecule has 0 amide bonds. The average molecular weight is 395 g/mol. The van der Waals surface area contributed by atoms with Crippen molar-refractivity contribution in [2.45, 2.75) is 32.2 Å². The number of nitrogen functional groups attached to an aromatic ring is 1. The second kappa shape index (κ2) is 7.11. The van der Waals surface area contributed by atoms with Crippen LogP contribution in [-0.4, -0.2) is 46.5 Å². The Hall–Kier alpha value is -3.00. The van der Waals surface area contributed by atoms with Crippen molar-refractivity contribution in [3.8, 4) is 17.2 Å². The number of fused-ring (bicyclic) bond motifs is 2. The average Bonchev–Trinajstić information content (AvgIpc) is 3.33. The summed E-state index contributed by atoms with van der Waals surface area (Å²) in [6.45, 7) is 5.03. The molecule has 8 nitrogen and oxygen atoms in total. The minimum atomic E-state index is 0.268. The number of ether oxygens (including phenoxy) is 3. The van der Waals surface area contributed by atoms with Gasteiger partial charge in [-0.3, -0.25) is 4.90 Å². The zero-order valence-corrected chi connectivity index (χ0v) is 16.7. The van der Waals surface area contributed by atoms with E-state index in [0.717, 1.165) is 72.3 Å². The van der Waals surface area contributed by atoms with Gasteiger partial charge >= 0.3 is 0 Å². The molecule has 0 unspecified atom stereocenters. The summed E-state index contributed by atoms with van der Waals surface area (Å²) in [5.74, 6) is 3.43. The van der Waals surface area contributed by atoms with Crippen LogP contribution in [0.2, 0.25) is 0 Å². The Labute approximate surface area is 169 Å². The lowest BCUT2D eigenvalue weighted by Gasteiger charge is -2.32. The van der Waals surface area contributed by atoms with Crippen molar-refractivity contribution in [2.24, 2.45) is 0 Å². The predicted molar refractivity (Wildman–Crippen MR) is 109 cm³/mol. The zero-order valence-electron chi connectivity index (χ0n) is 16.7. The molecule has 5 rings (SSSR count). The summed E-state index contributed by atoms with van der Waals surface area (Å²) in [6, 6.07) is 7.90. The lowest BCUT2D eigenvalue weighted by atomic mass is 9.93. The molecule has 152 valence electrons. The molecule has 2 aliphatic heterocycles. The summed E-state index contributed by atoms with van der Waals surface area (Å²) in [4.78, 5) is 7.25. The Morgan fingerprint density at radius 1 is 1.14 bits per heavy atom. The lowest BCUT2D eigenvalue weighted by Crippen LogP contribution is -2.33. The summed E-state index contributed by atoms with van der Waals surface area (Å²) in [6.07, 6.45) is 2.09. The highest BCUT2D eigenvalue weighted by Gasteiger charge is 2.25. The molecule has 3 aromatic rings. The molecule has 1 aromatic carbocycles. The maximum atomic E-state index is 6.20. The fraction of sp³-hybridized carbons (Fsp3) is 0.429. The van der Waals surface area contributed by atoms with E-state index in [4.69, 9.17) is 24.9 Å². The Kier molecular flexibility index (Phi) is 4.43. The predicted octanol–water partition coefficient (Wildman–Crippen LogP) is 2.74. The van der Waals surface area contributed by atoms with E-state index in [1.807, 2.05) is 31.2 Å². The summed E-state index contributed by atoms with van der Waals surface area (Å²) >= 11 is 0. The first-order chi connectivity index (χ1) is 14.1. The fourth-order valence-electron chi connectivity index (χ4n) is 4.25. The van der Waals surface area contributed by atoms with E-state index in [2.05, 4.69) is 10.00 Å². The van der Waals surface area contributed by atoms with Gasteiger partial charge in [-0.1, -0.05) is 0 Å². The molecule has 1 saturated heterocycles. The van der Waals surface area contributed by atoms with Crippen LogP contribution in [0.25, 0.3) is 5.65 Å². The van der Waals surface area contributed by atoms with E-state index >= 15 is 0 Å². The highest BCUT2D eigenvalue weighted by atomic mass is 16.7. The molecule has 2 aliphatic rings. The number of hydrogen-bond donors (Lipinski definition) is 1. The number of rotatable bonds is 4. The molecule has 4 heterocycles. The van der Waals surface area contributed by atoms with Gasteiger partial charge in [-0.2, -0.15) is 9.61 Å². The topological polar surface area (TPSA) is 87.1 Å². The zero-order chi connectivity index (χ0) is 20.0. The third-order valence-corrected chi connectivity index (χ3v) is 5.77. The molecular formula is C21H25N5O3. The van der Waals surface area contributed by atoms with Crippen molar-refractivity contribution in [3.05, 3.63) is 41.2 Å². The van der Waals surface area contributed by atoms with Gasteiger partial charge in [0.25, 0.3) is 0 Å². The van der Waals surface area contributed by atoms with Gasteiger partial charge in [0.15, 0.2) is 17.1 Å². The molecule has 29 heavy (non-hydrogen) atoms. The van der Waals surface area contributed by atoms with Crippen molar-refractivity contribution in [1.29, 1.82) is 0 Å². The molecule has 2 N–H and O–H groups in total. The molecule has 2 aromatic heterocycles. The third kappa shape index (κ3) is 3.33. The number of aromatic nitrogens is 3. The monoisotopic (exact) mass is 395 g/mol. The van der Waals surface area contributed by atoms with Crippen LogP contribution in [0.1, 0.15) is 35.7 Å². The quantitative estimate of drug-likeness (QED) is 0.727. The summed E-state index contributed by atoms with van der Waals surface area (Å²) in [5, 5.41) is 4.39. The Morgan fingerprint density at radius 2 is 1.90 bits per heavy atom. The van der Waals surface area contributed by atoms with Crippen LogP contribution in [-0.2, 0) is 6.54 Å². The van der Waals surface area contributed by atoms with Crippen LogP contribution in [0.4, 0.5) is 5.82 Å². The van der Waals surface area contributed by atoms with E-state index in [1.165, 1.54) is 0 Å². The van der Waals surface area contributed by atoms with E-state index in [9.17, 15) is 0 Å². The first kappa shape index (κ1) is 18.1. The lowest BCUT2D eigenvalue weighted by molar-refractivity contribution is 0.173. The van der Waals surface area contributed by atoms with E-state index < -0.39 is 0 Å². The summed E-state index contributed by atoms with van der Waals surface area (Å²) in [7, 11) is 1.69. The molecule has 1 fully saturated rings. The van der Waals surface area contributed by atoms with Gasteiger partial charge in [-0.05, 0) is 38.9 Å². The van der Waals surface area contributed by atoms with Crippen molar-refractivity contribution < 1.29 is 14.2 Å². The molecular weight excluding hydrogens is 370 g/mol. The smallest absolute Gasteiger partial charge is 0.231 e. The maximum absolute atomic E-state index is 6.20. The number of likely N-dealkylation sites (tertiary alicyclic amines) is 1. The van der Waals surface area contributed by atoms with Crippen molar-refractivity contribution >= 4 is 11.5 Å². The van der Waals surface area contributed by atoms with Crippen LogP contribution in [0, 0.1) is 6.92 Å². The van der Waals surface area contributed by atoms with Crippen molar-refractivity contribution in [2.75, 3.05) is 32.7 Å². The van der Waals surface area contributed by atoms with Gasteiger partial charge in [-0.15, -0.1) is 0 Å². The third-order valence-electron chi connectivity index (χ3n) is 5.77. The van der Waals surface area contributed by atoms with E-state index in [1.54, 1.807) is 11.6 Å². The first-order valence-corrected chi connectivity index (χ1v) is 9.92. The minimum absolute atomic E-state index is 0.268. The van der Waals surface area contributed by atoms with Gasteiger partial charge in [0.05, 0.1) is 12.8 Å². The number of aryl methyl sites for hydroxylation is 1. The van der Waals surface area contributed by atoms with Crippen LogP contribution >= 0.6 is 0 Å². The number of anilines is 1. The second-order valence-corrected chi connectivity index (χ2v) is 7.73. The minimum Gasteiger partial charge on any atom is -0.496 e. The van der Waals surface area contributed by atoms with Crippen molar-refractivity contribution in [3.63, 3.8) is 0 Å². The van der Waals surface area contributed by atoms with E-state index in [0.29, 0.717) is 11.7 Å². The van der Waals surface area contributed by atoms with Gasteiger partial charge in [0.2, 0.25) is 6.79 Å². The van der Waals surface area contributed by atoms with Gasteiger partial charge in [0.1, 0.15) is 11.6 Å². The number of nitrogens with zero attached hydrogens (tertiary/aromatic N) is 4. The SMILES string of the molecule is COc1cc2c(cc1CN1CCC(c3cc(N)n4nc(C)cc4n3)CC1)OCO2. The standard InChI is InChI=1S/C21H25N5O3/c1-13-7-21-23-16(9-20(22)26(21)24-13)14-3-5-25(6-4-14)11-15-8-18-19(29-12-28-18)10-17(15)27-2/h7-10,14H,3-6,11-12,22H2,1-2H3. The Morgan fingerprint density at radius 3 is 2.66 bits per heavy atom. The van der Waals surface area contributed by atoms with Gasteiger partial charge in [0, 0.05) is 41.9 Å². The number of benzene rings is 1. The van der Waals surface area contributed by atoms with Gasteiger partial charge in [-0.25, -0.2) is 4.98 Å². The maximum Gasteiger partial charge on any atom is 0.231 e. The summed E-state index contributed by atoms with van der Waals surface area (Å²) in [5.41, 5.74) is 10.1. The second-order valence-electron chi connectivity index (χ2n) is 7.73. The molecule has 0 aliphatic carbocycles. The Balaban J connectivity index is 1.29. The molecule has 0 bridgehead atoms. The van der Waals surface area contributed by atoms with Crippen LogP contribution < -0.4 is 19.9 Å². The normalized spacial score (nSPS) is 17.2. The number of nitrogens with two attached hydrogens (primary N) is 1. The van der Waals surface area contributed by atoms with Crippen LogP contribution in [0.3, 0.4) is 0 Å². The molecule has 0 radical (unpaired) electrons. The fourth-order valence-corrected chi connectivity index (χ4v) is 4.25. The molecule has 0 saturated carbocycles. The van der Waals surface area contributed by atoms with Crippen molar-refractivity contribution in [1.82, 2.24) is 19.5 Å². The number of hydrogen-bond acceptors (Lipinski definition) is 7. The molecule has 0 atom stereocenters. The first-order valence-electron chi connectivity index (χ1n) is 9.92. The Bertz CT molecular complexity index is 1060. The van der Waals surface area contributed by atoms with Crippen LogP contribution in [0.15, 0.2) is 24.3 Å². The highest BCUT2D eigenvalue weighted by Crippen LogP contribution is 2.39. The van der Waals surface area contributed by atoms with E-state index in [-0.39, 0.29) is 6.79 Å². The van der Waals surface area contributed by atoms with Crippen LogP contribution in [0.5, 0.6) is 17.2 Å². The highest BCUT2D eigenvalue weighted by molar-refractivity contribution is 5.52. The molecule has 0 spiro atoms. The van der Waals surface area contributed by atoms with Gasteiger partial charge < -0.3 is 19.9 Å². The number of piperidine rings is 1. The number of methoxy groups -OCH3 is 1. The molecule has 8 heteroatoms. The largest absolute Gasteiger partial charge is 0.496 e.